The summed E-state index contributed by atoms with van der Waals surface area (Å²) in [6.45, 7) is 2.54. The third-order valence-corrected chi connectivity index (χ3v) is 6.75. The van der Waals surface area contributed by atoms with Crippen LogP contribution in [0.4, 0.5) is 17.8 Å². The molecule has 0 unspecified atom stereocenters. The minimum atomic E-state index is -0.146. The van der Waals surface area contributed by atoms with Gasteiger partial charge in [-0.2, -0.15) is 15.0 Å². The van der Waals surface area contributed by atoms with Crippen molar-refractivity contribution in [1.29, 1.82) is 0 Å². The Labute approximate surface area is 212 Å². The first-order valence-corrected chi connectivity index (χ1v) is 12.6. The van der Waals surface area contributed by atoms with Crippen LogP contribution in [-0.2, 0) is 0 Å². The Morgan fingerprint density at radius 2 is 1.00 bits per heavy atom. The number of benzene rings is 2. The van der Waals surface area contributed by atoms with E-state index >= 15 is 0 Å². The van der Waals surface area contributed by atoms with Gasteiger partial charge in [-0.15, -0.1) is 0 Å². The lowest BCUT2D eigenvalue weighted by molar-refractivity contribution is 0.441. The number of piperidine rings is 2. The Kier molecular flexibility index (Phi) is 7.28. The number of nitrogens with one attached hydrogen (secondary N) is 1. The minimum Gasteiger partial charge on any atom is -0.343 e. The summed E-state index contributed by atoms with van der Waals surface area (Å²) in [7, 11) is 0. The Balaban J connectivity index is 1.53. The molecule has 4 atom stereocenters. The first kappa shape index (κ1) is 24.4. The number of hydrogen-bond acceptors (Lipinski definition) is 10. The second-order valence-corrected chi connectivity index (χ2v) is 9.98. The van der Waals surface area contributed by atoms with Crippen molar-refractivity contribution < 1.29 is 0 Å². The largest absolute Gasteiger partial charge is 0.343 e. The second kappa shape index (κ2) is 10.8. The summed E-state index contributed by atoms with van der Waals surface area (Å²) in [5.41, 5.74) is 27.4. The average molecular weight is 489 g/mol. The summed E-state index contributed by atoms with van der Waals surface area (Å²) in [4.78, 5) is 18.6. The summed E-state index contributed by atoms with van der Waals surface area (Å²) >= 11 is 0. The van der Waals surface area contributed by atoms with Gasteiger partial charge in [0.2, 0.25) is 17.8 Å². The predicted molar refractivity (Wildman–Crippen MR) is 144 cm³/mol. The monoisotopic (exact) mass is 488 g/mol. The van der Waals surface area contributed by atoms with Crippen molar-refractivity contribution in [2.75, 3.05) is 41.3 Å². The van der Waals surface area contributed by atoms with Crippen LogP contribution in [0.3, 0.4) is 0 Å². The molecule has 9 N–H and O–H groups in total. The molecule has 190 valence electrons. The van der Waals surface area contributed by atoms with Crippen LogP contribution in [0.25, 0.3) is 0 Å². The van der Waals surface area contributed by atoms with E-state index in [0.29, 0.717) is 44.0 Å². The standard InChI is InChI=1S/C26H36N10/c27-19-11-20(28)14-35(13-19)25-32-24(33-26(34-25)36-15-21(29)12-22(30)16-36)31-23(17-7-3-1-4-8-17)18-9-5-2-6-10-18/h1-10,19-23H,11-16,27-30H2,(H,31,32,33,34)/t19-,20+,21-,22+. The van der Waals surface area contributed by atoms with Crippen molar-refractivity contribution in [3.05, 3.63) is 71.8 Å². The maximum absolute atomic E-state index is 6.29. The molecule has 5 rings (SSSR count). The molecule has 1 aromatic heterocycles. The highest BCUT2D eigenvalue weighted by atomic mass is 15.4. The lowest BCUT2D eigenvalue weighted by atomic mass is 9.99. The zero-order valence-electron chi connectivity index (χ0n) is 20.4. The van der Waals surface area contributed by atoms with Gasteiger partial charge in [0.1, 0.15) is 0 Å². The van der Waals surface area contributed by atoms with E-state index in [1.54, 1.807) is 0 Å². The van der Waals surface area contributed by atoms with Gasteiger partial charge in [-0.1, -0.05) is 60.7 Å². The molecule has 10 heteroatoms. The molecule has 0 aliphatic carbocycles. The molecule has 2 aromatic carbocycles. The van der Waals surface area contributed by atoms with E-state index in [1.165, 1.54) is 0 Å². The summed E-state index contributed by atoms with van der Waals surface area (Å²) in [6.07, 6.45) is 1.55. The van der Waals surface area contributed by atoms with E-state index in [-0.39, 0.29) is 30.2 Å². The van der Waals surface area contributed by atoms with E-state index in [9.17, 15) is 0 Å². The molecule has 2 aliphatic heterocycles. The van der Waals surface area contributed by atoms with Gasteiger partial charge in [-0.25, -0.2) is 0 Å². The van der Waals surface area contributed by atoms with Crippen LogP contribution >= 0.6 is 0 Å². The van der Waals surface area contributed by atoms with E-state index in [0.717, 1.165) is 24.0 Å². The maximum Gasteiger partial charge on any atom is 0.232 e. The fourth-order valence-corrected chi connectivity index (χ4v) is 5.16. The molecular formula is C26H36N10. The predicted octanol–water partition coefficient (Wildman–Crippen LogP) is 0.803. The summed E-state index contributed by atoms with van der Waals surface area (Å²) in [5.74, 6) is 1.59. The lowest BCUT2D eigenvalue weighted by Gasteiger charge is -2.37. The van der Waals surface area contributed by atoms with Crippen LogP contribution in [0.5, 0.6) is 0 Å². The van der Waals surface area contributed by atoms with E-state index in [1.807, 2.05) is 36.4 Å². The van der Waals surface area contributed by atoms with Crippen LogP contribution in [0.15, 0.2) is 60.7 Å². The van der Waals surface area contributed by atoms with Crippen LogP contribution < -0.4 is 38.1 Å². The Hall–Kier alpha value is -3.31. The number of nitrogens with two attached hydrogens (primary N) is 4. The molecule has 2 aliphatic rings. The zero-order chi connectivity index (χ0) is 25.1. The second-order valence-electron chi connectivity index (χ2n) is 9.98. The number of rotatable bonds is 6. The minimum absolute atomic E-state index is 0.0383. The van der Waals surface area contributed by atoms with Gasteiger partial charge in [0.25, 0.3) is 0 Å². The summed E-state index contributed by atoms with van der Waals surface area (Å²) in [5, 5.41) is 3.57. The topological polar surface area (TPSA) is 161 Å². The van der Waals surface area contributed by atoms with E-state index < -0.39 is 0 Å². The molecule has 3 heterocycles. The fourth-order valence-electron chi connectivity index (χ4n) is 5.16. The van der Waals surface area contributed by atoms with Crippen LogP contribution in [0.2, 0.25) is 0 Å². The third-order valence-electron chi connectivity index (χ3n) is 6.75. The molecule has 0 amide bonds. The number of nitrogens with zero attached hydrogens (tertiary/aromatic N) is 5. The normalized spacial score (nSPS) is 24.7. The highest BCUT2D eigenvalue weighted by Gasteiger charge is 2.29. The Morgan fingerprint density at radius 1 is 0.611 bits per heavy atom. The Bertz CT molecular complexity index is 1020. The molecule has 2 fully saturated rings. The molecule has 0 bridgehead atoms. The Morgan fingerprint density at radius 3 is 1.39 bits per heavy atom. The number of aromatic nitrogens is 3. The highest BCUT2D eigenvalue weighted by molar-refractivity contribution is 5.49. The van der Waals surface area contributed by atoms with Gasteiger partial charge in [-0.05, 0) is 24.0 Å². The molecule has 2 saturated heterocycles. The fraction of sp³-hybridized carbons (Fsp3) is 0.423. The first-order valence-electron chi connectivity index (χ1n) is 12.6. The van der Waals surface area contributed by atoms with Crippen molar-refractivity contribution in [1.82, 2.24) is 15.0 Å². The third kappa shape index (κ3) is 5.73. The average Bonchev–Trinajstić information content (AvgIpc) is 2.87. The van der Waals surface area contributed by atoms with Gasteiger partial charge in [-0.3, -0.25) is 0 Å². The van der Waals surface area contributed by atoms with Crippen molar-refractivity contribution in [2.45, 2.75) is 43.1 Å². The maximum atomic E-state index is 6.29. The van der Waals surface area contributed by atoms with E-state index in [2.05, 4.69) is 39.4 Å². The molecule has 0 radical (unpaired) electrons. The quantitative estimate of drug-likeness (QED) is 0.336. The van der Waals surface area contributed by atoms with Crippen molar-refractivity contribution in [3.8, 4) is 0 Å². The van der Waals surface area contributed by atoms with Gasteiger partial charge >= 0.3 is 0 Å². The summed E-state index contributed by atoms with van der Waals surface area (Å²) < 4.78 is 0. The van der Waals surface area contributed by atoms with Gasteiger partial charge < -0.3 is 38.1 Å². The molecule has 10 nitrogen and oxygen atoms in total. The van der Waals surface area contributed by atoms with Crippen LogP contribution in [0.1, 0.15) is 30.0 Å². The molecular weight excluding hydrogens is 452 g/mol. The van der Waals surface area contributed by atoms with Gasteiger partial charge in [0.15, 0.2) is 0 Å². The molecule has 0 spiro atoms. The van der Waals surface area contributed by atoms with Crippen molar-refractivity contribution in [3.63, 3.8) is 0 Å². The van der Waals surface area contributed by atoms with E-state index in [4.69, 9.17) is 37.9 Å². The molecule has 0 saturated carbocycles. The first-order chi connectivity index (χ1) is 17.4. The SMILES string of the molecule is N[C@@H]1C[C@H](N)CN(c2nc(NC(c3ccccc3)c3ccccc3)nc(N3C[C@H](N)C[C@H](N)C3)n2)C1. The highest BCUT2D eigenvalue weighted by Crippen LogP contribution is 2.28. The van der Waals surface area contributed by atoms with Crippen LogP contribution in [-0.4, -0.2) is 65.3 Å². The zero-order valence-corrected chi connectivity index (χ0v) is 20.4. The van der Waals surface area contributed by atoms with Gasteiger partial charge in [0.05, 0.1) is 6.04 Å². The van der Waals surface area contributed by atoms with Crippen LogP contribution in [0, 0.1) is 0 Å². The lowest BCUT2D eigenvalue weighted by Crippen LogP contribution is -2.54. The number of anilines is 3. The number of hydrogen-bond donors (Lipinski definition) is 5. The van der Waals surface area contributed by atoms with Crippen molar-refractivity contribution >= 4 is 17.8 Å². The molecule has 36 heavy (non-hydrogen) atoms. The molecule has 3 aromatic rings. The van der Waals surface area contributed by atoms with Gasteiger partial charge in [0, 0.05) is 50.3 Å². The summed E-state index contributed by atoms with van der Waals surface area (Å²) in [6, 6.07) is 20.2. The smallest absolute Gasteiger partial charge is 0.232 e. The van der Waals surface area contributed by atoms with Crippen molar-refractivity contribution in [2.24, 2.45) is 22.9 Å².